The molecule has 0 bridgehead atoms. The lowest BCUT2D eigenvalue weighted by atomic mass is 10.1. The molecule has 0 aliphatic rings. The van der Waals surface area contributed by atoms with E-state index in [4.69, 9.17) is 27.9 Å². The third-order valence-corrected chi connectivity index (χ3v) is 5.86. The molecule has 0 saturated carbocycles. The fourth-order valence-electron chi connectivity index (χ4n) is 2.44. The van der Waals surface area contributed by atoms with Crippen molar-refractivity contribution >= 4 is 33.2 Å². The summed E-state index contributed by atoms with van der Waals surface area (Å²) in [7, 11) is 0.0252. The molecular weight excluding hydrogens is 395 g/mol. The lowest BCUT2D eigenvalue weighted by Gasteiger charge is -2.23. The van der Waals surface area contributed by atoms with E-state index < -0.39 is 16.1 Å². The summed E-state index contributed by atoms with van der Waals surface area (Å²) in [5.74, 6) is 0.626. The normalized spacial score (nSPS) is 13.0. The minimum Gasteiger partial charge on any atom is -0.494 e. The molecule has 0 aliphatic heterocycles. The molecule has 1 N–H and O–H groups in total. The predicted octanol–water partition coefficient (Wildman–Crippen LogP) is 3.97. The van der Waals surface area contributed by atoms with Crippen LogP contribution in [0, 0.1) is 0 Å². The summed E-state index contributed by atoms with van der Waals surface area (Å²) in [4.78, 5) is 2.07. The van der Waals surface area contributed by atoms with E-state index in [0.717, 1.165) is 5.56 Å². The molecule has 0 spiro atoms. The van der Waals surface area contributed by atoms with E-state index in [9.17, 15) is 8.42 Å². The first-order valence-electron chi connectivity index (χ1n) is 8.08. The second-order valence-electron chi connectivity index (χ2n) is 6.01. The van der Waals surface area contributed by atoms with Crippen LogP contribution in [0.4, 0.5) is 0 Å². The van der Waals surface area contributed by atoms with Crippen molar-refractivity contribution < 1.29 is 13.2 Å². The van der Waals surface area contributed by atoms with Gasteiger partial charge < -0.3 is 9.64 Å². The van der Waals surface area contributed by atoms with E-state index in [1.165, 1.54) is 12.1 Å². The number of ether oxygens (including phenoxy) is 1. The van der Waals surface area contributed by atoms with E-state index in [0.29, 0.717) is 28.9 Å². The lowest BCUT2D eigenvalue weighted by molar-refractivity contribution is 0.340. The van der Waals surface area contributed by atoms with Crippen molar-refractivity contribution in [1.82, 2.24) is 9.62 Å². The number of likely N-dealkylation sites (N-methyl/N-ethyl adjacent to an activating group) is 1. The fraction of sp³-hybridized carbons (Fsp3) is 0.333. The van der Waals surface area contributed by atoms with Gasteiger partial charge in [-0.1, -0.05) is 29.3 Å². The van der Waals surface area contributed by atoms with Gasteiger partial charge in [0, 0.05) is 6.54 Å². The third kappa shape index (κ3) is 5.59. The van der Waals surface area contributed by atoms with Gasteiger partial charge >= 0.3 is 0 Å². The smallest absolute Gasteiger partial charge is 0.241 e. The number of rotatable bonds is 8. The van der Waals surface area contributed by atoms with Gasteiger partial charge in [-0.25, -0.2) is 13.1 Å². The zero-order valence-electron chi connectivity index (χ0n) is 14.9. The van der Waals surface area contributed by atoms with Crippen molar-refractivity contribution in [2.75, 3.05) is 27.2 Å². The van der Waals surface area contributed by atoms with Gasteiger partial charge in [-0.3, -0.25) is 0 Å². The third-order valence-electron chi connectivity index (χ3n) is 3.64. The molecule has 2 aromatic carbocycles. The fourth-order valence-corrected chi connectivity index (χ4v) is 3.96. The molecule has 0 aromatic heterocycles. The molecule has 2 rings (SSSR count). The number of benzene rings is 2. The Labute approximate surface area is 164 Å². The van der Waals surface area contributed by atoms with Crippen molar-refractivity contribution in [3.8, 4) is 5.75 Å². The molecule has 2 aromatic rings. The molecule has 8 heteroatoms. The summed E-state index contributed by atoms with van der Waals surface area (Å²) in [5.41, 5.74) is 0.739. The largest absolute Gasteiger partial charge is 0.494 e. The maximum absolute atomic E-state index is 12.8. The zero-order valence-corrected chi connectivity index (χ0v) is 17.2. The maximum atomic E-state index is 12.8. The van der Waals surface area contributed by atoms with Gasteiger partial charge in [0.1, 0.15) is 5.75 Å². The van der Waals surface area contributed by atoms with Crippen LogP contribution in [-0.2, 0) is 10.0 Å². The standard InChI is InChI=1S/C18H22Cl2N2O3S/c1-4-25-14-6-8-15(9-7-14)26(23,24)21-18(12-22(2)3)13-5-10-16(19)17(20)11-13/h5-11,18,21H,4,12H2,1-3H3/t18-/m1/s1. The van der Waals surface area contributed by atoms with Gasteiger partial charge in [-0.15, -0.1) is 0 Å². The van der Waals surface area contributed by atoms with Crippen LogP contribution in [0.15, 0.2) is 47.4 Å². The average molecular weight is 417 g/mol. The van der Waals surface area contributed by atoms with Crippen LogP contribution < -0.4 is 9.46 Å². The molecule has 1 atom stereocenters. The first-order valence-corrected chi connectivity index (χ1v) is 10.3. The van der Waals surface area contributed by atoms with Crippen LogP contribution in [0.1, 0.15) is 18.5 Å². The zero-order chi connectivity index (χ0) is 19.3. The molecular formula is C18H22Cl2N2O3S. The van der Waals surface area contributed by atoms with Gasteiger partial charge in [-0.05, 0) is 63.0 Å². The summed E-state index contributed by atoms with van der Waals surface area (Å²) in [5, 5.41) is 0.807. The van der Waals surface area contributed by atoms with Gasteiger partial charge in [0.05, 0.1) is 27.6 Å². The molecule has 0 heterocycles. The summed E-state index contributed by atoms with van der Waals surface area (Å²) in [6, 6.07) is 11.0. The highest BCUT2D eigenvalue weighted by Crippen LogP contribution is 2.27. The monoisotopic (exact) mass is 416 g/mol. The van der Waals surface area contributed by atoms with Crippen LogP contribution in [0.2, 0.25) is 10.0 Å². The molecule has 0 amide bonds. The van der Waals surface area contributed by atoms with E-state index in [1.807, 2.05) is 25.9 Å². The predicted molar refractivity (Wildman–Crippen MR) is 106 cm³/mol. The number of nitrogens with zero attached hydrogens (tertiary/aromatic N) is 1. The van der Waals surface area contributed by atoms with Crippen LogP contribution in [-0.4, -0.2) is 40.6 Å². The molecule has 5 nitrogen and oxygen atoms in total. The summed E-state index contributed by atoms with van der Waals surface area (Å²) in [6.07, 6.45) is 0. The van der Waals surface area contributed by atoms with Crippen molar-refractivity contribution in [3.05, 3.63) is 58.1 Å². The van der Waals surface area contributed by atoms with Gasteiger partial charge in [0.15, 0.2) is 0 Å². The van der Waals surface area contributed by atoms with Crippen LogP contribution >= 0.6 is 23.2 Å². The number of nitrogens with one attached hydrogen (secondary N) is 1. The quantitative estimate of drug-likeness (QED) is 0.706. The van der Waals surface area contributed by atoms with Gasteiger partial charge in [0.2, 0.25) is 10.0 Å². The highest BCUT2D eigenvalue weighted by Gasteiger charge is 2.22. The topological polar surface area (TPSA) is 58.6 Å². The summed E-state index contributed by atoms with van der Waals surface area (Å²) in [6.45, 7) is 2.86. The Balaban J connectivity index is 2.29. The number of sulfonamides is 1. The van der Waals surface area contributed by atoms with Crippen molar-refractivity contribution in [1.29, 1.82) is 0 Å². The van der Waals surface area contributed by atoms with Crippen LogP contribution in [0.3, 0.4) is 0 Å². The molecule has 0 fully saturated rings. The van der Waals surface area contributed by atoms with E-state index in [-0.39, 0.29) is 4.90 Å². The Morgan fingerprint density at radius 2 is 1.73 bits per heavy atom. The molecule has 0 unspecified atom stereocenters. The molecule has 26 heavy (non-hydrogen) atoms. The number of halogens is 2. The molecule has 0 aliphatic carbocycles. The van der Waals surface area contributed by atoms with Gasteiger partial charge in [0.25, 0.3) is 0 Å². The first kappa shape index (κ1) is 21.0. The minimum atomic E-state index is -3.72. The Morgan fingerprint density at radius 3 is 2.27 bits per heavy atom. The maximum Gasteiger partial charge on any atom is 0.241 e. The molecule has 142 valence electrons. The van der Waals surface area contributed by atoms with E-state index in [1.54, 1.807) is 30.3 Å². The number of hydrogen-bond acceptors (Lipinski definition) is 4. The van der Waals surface area contributed by atoms with Crippen LogP contribution in [0.25, 0.3) is 0 Å². The van der Waals surface area contributed by atoms with Crippen molar-refractivity contribution in [2.24, 2.45) is 0 Å². The first-order chi connectivity index (χ1) is 12.2. The second-order valence-corrected chi connectivity index (χ2v) is 8.54. The second kappa shape index (κ2) is 9.06. The van der Waals surface area contributed by atoms with E-state index >= 15 is 0 Å². The van der Waals surface area contributed by atoms with E-state index in [2.05, 4.69) is 4.72 Å². The summed E-state index contributed by atoms with van der Waals surface area (Å²) < 4.78 is 33.7. The lowest BCUT2D eigenvalue weighted by Crippen LogP contribution is -2.35. The van der Waals surface area contributed by atoms with Crippen molar-refractivity contribution in [2.45, 2.75) is 17.9 Å². The minimum absolute atomic E-state index is 0.171. The Bertz CT molecular complexity index is 840. The molecule has 0 radical (unpaired) electrons. The van der Waals surface area contributed by atoms with Gasteiger partial charge in [-0.2, -0.15) is 0 Å². The highest BCUT2D eigenvalue weighted by molar-refractivity contribution is 7.89. The Morgan fingerprint density at radius 1 is 1.08 bits per heavy atom. The SMILES string of the molecule is CCOc1ccc(S(=O)(=O)N[C@H](CN(C)C)c2ccc(Cl)c(Cl)c2)cc1. The van der Waals surface area contributed by atoms with Crippen LogP contribution in [0.5, 0.6) is 5.75 Å². The Kier molecular flexibility index (Phi) is 7.32. The summed E-state index contributed by atoms with van der Waals surface area (Å²) >= 11 is 12.1. The highest BCUT2D eigenvalue weighted by atomic mass is 35.5. The van der Waals surface area contributed by atoms with Crippen molar-refractivity contribution in [3.63, 3.8) is 0 Å². The Hall–Kier alpha value is -1.31. The molecule has 0 saturated heterocycles. The number of hydrogen-bond donors (Lipinski definition) is 1. The average Bonchev–Trinajstić information content (AvgIpc) is 2.57.